The molecule has 38 heavy (non-hydrogen) atoms. The Kier molecular flexibility index (Phi) is 8.12. The third-order valence-corrected chi connectivity index (χ3v) is 6.25. The number of benzene rings is 3. The summed E-state index contributed by atoms with van der Waals surface area (Å²) in [5.41, 5.74) is 3.32. The first kappa shape index (κ1) is 26.9. The van der Waals surface area contributed by atoms with Crippen LogP contribution in [0.5, 0.6) is 17.2 Å². The second-order valence-corrected chi connectivity index (χ2v) is 9.37. The zero-order valence-electron chi connectivity index (χ0n) is 22.6. The van der Waals surface area contributed by atoms with E-state index in [-0.39, 0.29) is 0 Å². The van der Waals surface area contributed by atoms with E-state index >= 15 is 0 Å². The number of esters is 2. The summed E-state index contributed by atoms with van der Waals surface area (Å²) >= 11 is 0. The van der Waals surface area contributed by atoms with Crippen LogP contribution in [0.25, 0.3) is 21.8 Å². The molecule has 4 aromatic rings. The van der Waals surface area contributed by atoms with Crippen molar-refractivity contribution < 1.29 is 28.5 Å². The summed E-state index contributed by atoms with van der Waals surface area (Å²) in [7, 11) is 6.94. The van der Waals surface area contributed by atoms with Crippen LogP contribution in [-0.2, 0) is 4.74 Å². The van der Waals surface area contributed by atoms with Crippen LogP contribution in [0.4, 0.5) is 0 Å². The Hall–Kier alpha value is -4.17. The molecule has 8 heteroatoms. The van der Waals surface area contributed by atoms with E-state index in [0.29, 0.717) is 67.9 Å². The maximum Gasteiger partial charge on any atom is 0.344 e. The van der Waals surface area contributed by atoms with Crippen molar-refractivity contribution in [3.8, 4) is 17.2 Å². The molecule has 1 heterocycles. The van der Waals surface area contributed by atoms with Crippen LogP contribution in [-0.4, -0.2) is 63.3 Å². The molecule has 0 amide bonds. The van der Waals surface area contributed by atoms with Crippen LogP contribution in [0.2, 0.25) is 0 Å². The molecule has 4 rings (SSSR count). The van der Waals surface area contributed by atoms with E-state index < -0.39 is 11.9 Å². The first-order valence-corrected chi connectivity index (χ1v) is 12.3. The van der Waals surface area contributed by atoms with E-state index in [4.69, 9.17) is 23.9 Å². The zero-order chi connectivity index (χ0) is 27.4. The van der Waals surface area contributed by atoms with Gasteiger partial charge in [-0.3, -0.25) is 0 Å². The van der Waals surface area contributed by atoms with Crippen LogP contribution >= 0.6 is 0 Å². The molecular weight excluding hydrogens is 484 g/mol. The highest BCUT2D eigenvalue weighted by molar-refractivity contribution is 6.15. The van der Waals surface area contributed by atoms with Gasteiger partial charge in [0.25, 0.3) is 0 Å². The van der Waals surface area contributed by atoms with Crippen molar-refractivity contribution in [2.75, 3.05) is 41.5 Å². The minimum absolute atomic E-state index is 0.360. The van der Waals surface area contributed by atoms with Gasteiger partial charge >= 0.3 is 11.9 Å². The van der Waals surface area contributed by atoms with Gasteiger partial charge in [-0.2, -0.15) is 0 Å². The molecule has 0 aliphatic carbocycles. The first-order chi connectivity index (χ1) is 18.2. The highest BCUT2D eigenvalue weighted by Crippen LogP contribution is 2.33. The molecule has 0 saturated heterocycles. The Bertz CT molecular complexity index is 1490. The molecule has 0 atom stereocenters. The van der Waals surface area contributed by atoms with Gasteiger partial charge in [0.2, 0.25) is 0 Å². The van der Waals surface area contributed by atoms with Crippen molar-refractivity contribution in [3.05, 3.63) is 70.8 Å². The Balaban J connectivity index is 1.80. The molecule has 0 spiro atoms. The number of fused-ring (bicyclic) bond motifs is 2. The van der Waals surface area contributed by atoms with Crippen molar-refractivity contribution >= 4 is 33.7 Å². The standard InChI is InChI=1S/C30H32N2O6/c1-18-14-20(29(33)36-6)15-19(2)28(18)38-30(34)27-23-16-21(35-5)8-10-25(23)31-26-11-9-22(17-24(26)27)37-13-7-12-32(3)4/h8-11,14-17H,7,12-13H2,1-6H3. The number of aromatic nitrogens is 1. The molecule has 3 aromatic carbocycles. The summed E-state index contributed by atoms with van der Waals surface area (Å²) in [5.74, 6) is 0.630. The number of nitrogens with zero attached hydrogens (tertiary/aromatic N) is 2. The van der Waals surface area contributed by atoms with Crippen molar-refractivity contribution in [2.45, 2.75) is 20.3 Å². The summed E-state index contributed by atoms with van der Waals surface area (Å²) in [6.45, 7) is 5.02. The van der Waals surface area contributed by atoms with Gasteiger partial charge in [-0.1, -0.05) is 0 Å². The summed E-state index contributed by atoms with van der Waals surface area (Å²) < 4.78 is 22.2. The Morgan fingerprint density at radius 1 is 0.842 bits per heavy atom. The minimum Gasteiger partial charge on any atom is -0.497 e. The SMILES string of the molecule is COC(=O)c1cc(C)c(OC(=O)c2c3cc(OC)ccc3nc3ccc(OCCCN(C)C)cc23)c(C)c1. The Morgan fingerprint density at radius 2 is 1.45 bits per heavy atom. The zero-order valence-corrected chi connectivity index (χ0v) is 22.6. The highest BCUT2D eigenvalue weighted by Gasteiger charge is 2.22. The predicted octanol–water partition coefficient (Wildman–Crippen LogP) is 5.35. The van der Waals surface area contributed by atoms with Crippen molar-refractivity contribution in [1.29, 1.82) is 0 Å². The molecule has 0 aliphatic heterocycles. The van der Waals surface area contributed by atoms with E-state index in [0.717, 1.165) is 13.0 Å². The Labute approximate surface area is 222 Å². The number of carbonyl (C=O) groups excluding carboxylic acids is 2. The molecular formula is C30H32N2O6. The summed E-state index contributed by atoms with van der Waals surface area (Å²) in [6.07, 6.45) is 0.868. The first-order valence-electron chi connectivity index (χ1n) is 12.3. The fraction of sp³-hybridized carbons (Fsp3) is 0.300. The largest absolute Gasteiger partial charge is 0.497 e. The second-order valence-electron chi connectivity index (χ2n) is 9.37. The number of methoxy groups -OCH3 is 2. The van der Waals surface area contributed by atoms with Gasteiger partial charge in [-0.15, -0.1) is 0 Å². The minimum atomic E-state index is -0.544. The number of carbonyl (C=O) groups is 2. The molecule has 0 saturated carbocycles. The van der Waals surface area contributed by atoms with Gasteiger partial charge in [0.1, 0.15) is 17.2 Å². The van der Waals surface area contributed by atoms with Crippen LogP contribution in [0.15, 0.2) is 48.5 Å². The topological polar surface area (TPSA) is 87.2 Å². The monoisotopic (exact) mass is 516 g/mol. The lowest BCUT2D eigenvalue weighted by molar-refractivity contribution is 0.0600. The normalized spacial score (nSPS) is 11.1. The molecule has 8 nitrogen and oxygen atoms in total. The molecule has 0 aliphatic rings. The van der Waals surface area contributed by atoms with Gasteiger partial charge in [0, 0.05) is 17.3 Å². The van der Waals surface area contributed by atoms with Gasteiger partial charge in [0.15, 0.2) is 0 Å². The van der Waals surface area contributed by atoms with Crippen LogP contribution in [0.1, 0.15) is 38.3 Å². The molecule has 198 valence electrons. The number of rotatable bonds is 9. The van der Waals surface area contributed by atoms with Gasteiger partial charge in [0.05, 0.1) is 43.0 Å². The smallest absolute Gasteiger partial charge is 0.344 e. The van der Waals surface area contributed by atoms with Gasteiger partial charge < -0.3 is 23.8 Å². The molecule has 0 bridgehead atoms. The predicted molar refractivity (Wildman–Crippen MR) is 147 cm³/mol. The quantitative estimate of drug-likeness (QED) is 0.127. The molecule has 1 aromatic heterocycles. The third kappa shape index (κ3) is 5.70. The van der Waals surface area contributed by atoms with Crippen molar-refractivity contribution in [3.63, 3.8) is 0 Å². The third-order valence-electron chi connectivity index (χ3n) is 6.25. The number of aryl methyl sites for hydroxylation is 2. The number of hydrogen-bond acceptors (Lipinski definition) is 8. The lowest BCUT2D eigenvalue weighted by atomic mass is 10.0. The lowest BCUT2D eigenvalue weighted by Crippen LogP contribution is -2.15. The molecule has 0 unspecified atom stereocenters. The van der Waals surface area contributed by atoms with Crippen molar-refractivity contribution in [2.24, 2.45) is 0 Å². The van der Waals surface area contributed by atoms with Crippen LogP contribution in [0, 0.1) is 13.8 Å². The van der Waals surface area contributed by atoms with E-state index in [1.807, 2.05) is 38.4 Å². The maximum absolute atomic E-state index is 13.8. The number of hydrogen-bond donors (Lipinski definition) is 0. The van der Waals surface area contributed by atoms with E-state index in [1.54, 1.807) is 45.2 Å². The maximum atomic E-state index is 13.8. The Morgan fingerprint density at radius 3 is 2.03 bits per heavy atom. The van der Waals surface area contributed by atoms with Crippen LogP contribution in [0.3, 0.4) is 0 Å². The van der Waals surface area contributed by atoms with Gasteiger partial charge in [-0.25, -0.2) is 14.6 Å². The highest BCUT2D eigenvalue weighted by atomic mass is 16.5. The van der Waals surface area contributed by atoms with E-state index in [9.17, 15) is 9.59 Å². The average Bonchev–Trinajstić information content (AvgIpc) is 2.90. The van der Waals surface area contributed by atoms with Gasteiger partial charge in [-0.05, 0) is 94.0 Å². The average molecular weight is 517 g/mol. The molecule has 0 radical (unpaired) electrons. The summed E-state index contributed by atoms with van der Waals surface area (Å²) in [4.78, 5) is 32.7. The number of ether oxygens (including phenoxy) is 4. The van der Waals surface area contributed by atoms with E-state index in [2.05, 4.69) is 4.90 Å². The molecule has 0 fully saturated rings. The lowest BCUT2D eigenvalue weighted by Gasteiger charge is -2.16. The fourth-order valence-electron chi connectivity index (χ4n) is 4.40. The van der Waals surface area contributed by atoms with Crippen LogP contribution < -0.4 is 14.2 Å². The second kappa shape index (κ2) is 11.5. The number of pyridine rings is 1. The summed E-state index contributed by atoms with van der Waals surface area (Å²) in [5, 5.41) is 1.22. The summed E-state index contributed by atoms with van der Waals surface area (Å²) in [6, 6.07) is 14.2. The van der Waals surface area contributed by atoms with Crippen molar-refractivity contribution in [1.82, 2.24) is 9.88 Å². The van der Waals surface area contributed by atoms with E-state index in [1.165, 1.54) is 7.11 Å². The fourth-order valence-corrected chi connectivity index (χ4v) is 4.40. The molecule has 0 N–H and O–H groups in total.